The first-order valence-corrected chi connectivity index (χ1v) is 8.62. The van der Waals surface area contributed by atoms with Gasteiger partial charge in [-0.25, -0.2) is 9.97 Å². The van der Waals surface area contributed by atoms with Gasteiger partial charge in [0, 0.05) is 12.7 Å². The molecule has 0 atom stereocenters. The number of benzene rings is 1. The number of methoxy groups -OCH3 is 1. The number of carbonyl (C=O) groups is 1. The lowest BCUT2D eigenvalue weighted by Gasteiger charge is -2.04. The van der Waals surface area contributed by atoms with Crippen molar-refractivity contribution in [1.29, 1.82) is 0 Å². The maximum absolute atomic E-state index is 12.2. The van der Waals surface area contributed by atoms with E-state index in [2.05, 4.69) is 4.98 Å². The Hall–Kier alpha value is -2.70. The number of hydrogen-bond acceptors (Lipinski definition) is 5. The Labute approximate surface area is 148 Å². The van der Waals surface area contributed by atoms with Crippen molar-refractivity contribution in [3.05, 3.63) is 60.7 Å². The van der Waals surface area contributed by atoms with E-state index in [9.17, 15) is 4.79 Å². The molecule has 0 amide bonds. The van der Waals surface area contributed by atoms with Crippen molar-refractivity contribution >= 4 is 33.7 Å². The number of carbonyl (C=O) groups excluding carboxylic acids is 1. The Bertz CT molecular complexity index is 1060. The van der Waals surface area contributed by atoms with Crippen LogP contribution in [-0.2, 0) is 9.53 Å². The maximum atomic E-state index is 12.2. The highest BCUT2D eigenvalue weighted by molar-refractivity contribution is 8.13. The Balaban J connectivity index is 1.99. The minimum absolute atomic E-state index is 0.0476. The predicted octanol–water partition coefficient (Wildman–Crippen LogP) is 3.81. The fraction of sp³-hybridized carbons (Fsp3) is 0.105. The van der Waals surface area contributed by atoms with Gasteiger partial charge in [-0.05, 0) is 23.9 Å². The molecule has 4 aromatic rings. The summed E-state index contributed by atoms with van der Waals surface area (Å²) in [6.45, 7) is 0.0476. The highest BCUT2D eigenvalue weighted by Gasteiger charge is 2.21. The van der Waals surface area contributed by atoms with E-state index in [-0.39, 0.29) is 11.7 Å². The van der Waals surface area contributed by atoms with Crippen LogP contribution in [0.4, 0.5) is 0 Å². The Morgan fingerprint density at radius 3 is 2.52 bits per heavy atom. The molecule has 6 heteroatoms. The molecular weight excluding hydrogens is 334 g/mol. The normalized spacial score (nSPS) is 11.2. The van der Waals surface area contributed by atoms with Gasteiger partial charge in [0.15, 0.2) is 0 Å². The minimum atomic E-state index is -0.0730. The first kappa shape index (κ1) is 15.8. The van der Waals surface area contributed by atoms with E-state index in [1.54, 1.807) is 0 Å². The average Bonchev–Trinajstić information content (AvgIpc) is 3.03. The van der Waals surface area contributed by atoms with Crippen LogP contribution < -0.4 is 0 Å². The molecule has 5 nitrogen and oxygen atoms in total. The number of nitrogens with zero attached hydrogens (tertiary/aromatic N) is 3. The Morgan fingerprint density at radius 2 is 1.76 bits per heavy atom. The van der Waals surface area contributed by atoms with Gasteiger partial charge in [0.2, 0.25) is 10.9 Å². The molecule has 0 bridgehead atoms. The van der Waals surface area contributed by atoms with Gasteiger partial charge in [-0.15, -0.1) is 0 Å². The SMILES string of the molecule is COCC(=O)Sc1c(-c2ccccc2)nc2nc3cccccc3n12. The number of imidazole rings is 2. The summed E-state index contributed by atoms with van der Waals surface area (Å²) in [4.78, 5) is 21.5. The van der Waals surface area contributed by atoms with Gasteiger partial charge in [0.25, 0.3) is 0 Å². The zero-order valence-corrected chi connectivity index (χ0v) is 14.4. The number of rotatable bonds is 4. The van der Waals surface area contributed by atoms with E-state index in [0.29, 0.717) is 5.78 Å². The molecule has 0 saturated heterocycles. The van der Waals surface area contributed by atoms with Crippen LogP contribution in [-0.4, -0.2) is 33.2 Å². The van der Waals surface area contributed by atoms with Gasteiger partial charge in [0.1, 0.15) is 17.3 Å². The molecule has 0 aliphatic carbocycles. The minimum Gasteiger partial charge on any atom is -0.376 e. The summed E-state index contributed by atoms with van der Waals surface area (Å²) >= 11 is 1.14. The fourth-order valence-electron chi connectivity index (χ4n) is 2.74. The number of ether oxygens (including phenoxy) is 1. The topological polar surface area (TPSA) is 56.5 Å². The third kappa shape index (κ3) is 2.90. The standard InChI is InChI=1S/C19H15N3O2S/c1-24-12-16(23)25-18-17(13-8-4-2-5-9-13)21-19-20-14-10-6-3-7-11-15(14)22(18)19/h2-11H,12H2,1H3. The van der Waals surface area contributed by atoms with E-state index in [1.807, 2.05) is 65.1 Å². The summed E-state index contributed by atoms with van der Waals surface area (Å²) in [5.41, 5.74) is 3.47. The molecule has 0 N–H and O–H groups in total. The van der Waals surface area contributed by atoms with Crippen molar-refractivity contribution in [3.63, 3.8) is 0 Å². The van der Waals surface area contributed by atoms with Crippen LogP contribution in [0.1, 0.15) is 0 Å². The molecule has 0 aliphatic rings. The van der Waals surface area contributed by atoms with E-state index >= 15 is 0 Å². The molecule has 0 unspecified atom stereocenters. The Morgan fingerprint density at radius 1 is 1.04 bits per heavy atom. The average molecular weight is 349 g/mol. The van der Waals surface area contributed by atoms with Crippen molar-refractivity contribution in [2.45, 2.75) is 5.03 Å². The molecule has 25 heavy (non-hydrogen) atoms. The van der Waals surface area contributed by atoms with E-state index in [1.165, 1.54) is 7.11 Å². The summed E-state index contributed by atoms with van der Waals surface area (Å²) in [6.07, 6.45) is 0. The number of thioether (sulfide) groups is 1. The first-order chi connectivity index (χ1) is 12.3. The van der Waals surface area contributed by atoms with Gasteiger partial charge in [0.05, 0.1) is 11.0 Å². The lowest BCUT2D eigenvalue weighted by atomic mass is 10.2. The summed E-state index contributed by atoms with van der Waals surface area (Å²) in [7, 11) is 1.52. The summed E-state index contributed by atoms with van der Waals surface area (Å²) in [5.74, 6) is 0.591. The van der Waals surface area contributed by atoms with Gasteiger partial charge in [-0.1, -0.05) is 48.5 Å². The predicted molar refractivity (Wildman–Crippen MR) is 98.7 cm³/mol. The van der Waals surface area contributed by atoms with Crippen LogP contribution in [0.3, 0.4) is 0 Å². The van der Waals surface area contributed by atoms with Gasteiger partial charge in [-0.2, -0.15) is 0 Å². The van der Waals surface area contributed by atoms with Crippen molar-refractivity contribution in [3.8, 4) is 11.3 Å². The summed E-state index contributed by atoms with van der Waals surface area (Å²) < 4.78 is 6.92. The zero-order chi connectivity index (χ0) is 17.2. The molecule has 0 aliphatic heterocycles. The van der Waals surface area contributed by atoms with Gasteiger partial charge >= 0.3 is 0 Å². The largest absolute Gasteiger partial charge is 0.376 e. The maximum Gasteiger partial charge on any atom is 0.236 e. The molecule has 0 saturated carbocycles. The van der Waals surface area contributed by atoms with Crippen LogP contribution in [0.25, 0.3) is 28.1 Å². The molecular formula is C19H15N3O2S. The summed E-state index contributed by atoms with van der Waals surface area (Å²) in [5, 5.41) is 0.688. The third-order valence-corrected chi connectivity index (χ3v) is 4.71. The highest BCUT2D eigenvalue weighted by atomic mass is 32.2. The second-order valence-electron chi connectivity index (χ2n) is 5.47. The summed E-state index contributed by atoms with van der Waals surface area (Å²) in [6, 6.07) is 19.6. The molecule has 0 fully saturated rings. The van der Waals surface area contributed by atoms with Crippen LogP contribution in [0.2, 0.25) is 0 Å². The second-order valence-corrected chi connectivity index (χ2v) is 6.51. The van der Waals surface area contributed by atoms with Crippen molar-refractivity contribution in [2.75, 3.05) is 13.7 Å². The van der Waals surface area contributed by atoms with Crippen molar-refractivity contribution < 1.29 is 9.53 Å². The molecule has 2 aromatic heterocycles. The van der Waals surface area contributed by atoms with Gasteiger partial charge in [-0.3, -0.25) is 9.20 Å². The molecule has 2 heterocycles. The van der Waals surface area contributed by atoms with Crippen molar-refractivity contribution in [2.24, 2.45) is 0 Å². The molecule has 124 valence electrons. The fourth-order valence-corrected chi connectivity index (χ4v) is 3.66. The number of fused-ring (bicyclic) bond motifs is 3. The molecule has 0 radical (unpaired) electrons. The quantitative estimate of drug-likeness (QED) is 0.524. The molecule has 2 aromatic carbocycles. The van der Waals surface area contributed by atoms with E-state index < -0.39 is 0 Å². The zero-order valence-electron chi connectivity index (χ0n) is 13.5. The lowest BCUT2D eigenvalue weighted by molar-refractivity contribution is -0.114. The monoisotopic (exact) mass is 349 g/mol. The third-order valence-electron chi connectivity index (χ3n) is 3.79. The lowest BCUT2D eigenvalue weighted by Crippen LogP contribution is -2.02. The Kier molecular flexibility index (Phi) is 4.21. The van der Waals surface area contributed by atoms with Crippen molar-refractivity contribution in [1.82, 2.24) is 14.4 Å². The van der Waals surface area contributed by atoms with E-state index in [4.69, 9.17) is 9.72 Å². The number of hydrogen-bond donors (Lipinski definition) is 0. The van der Waals surface area contributed by atoms with E-state index in [0.717, 1.165) is 39.1 Å². The molecule has 4 rings (SSSR count). The second kappa shape index (κ2) is 6.66. The first-order valence-electron chi connectivity index (χ1n) is 7.80. The number of aromatic nitrogens is 3. The van der Waals surface area contributed by atoms with Crippen LogP contribution in [0, 0.1) is 0 Å². The van der Waals surface area contributed by atoms with Crippen LogP contribution in [0.15, 0.2) is 65.7 Å². The van der Waals surface area contributed by atoms with Crippen LogP contribution >= 0.6 is 11.8 Å². The molecule has 0 spiro atoms. The van der Waals surface area contributed by atoms with Gasteiger partial charge < -0.3 is 4.74 Å². The van der Waals surface area contributed by atoms with Crippen LogP contribution in [0.5, 0.6) is 0 Å². The highest BCUT2D eigenvalue weighted by Crippen LogP contribution is 2.34. The smallest absolute Gasteiger partial charge is 0.236 e.